The second-order valence-corrected chi connectivity index (χ2v) is 16.8. The van der Waals surface area contributed by atoms with Crippen molar-refractivity contribution >= 4 is 27.8 Å². The first kappa shape index (κ1) is 46.2. The standard InChI is InChI=1S/C55H70N2O5/c1-8-13-15-19-40-23-29-49(42(10-3)33-40)53-35-44-25-27-47(37-51(44)56(53)6)59-31-17-21-46(61-39-62-55(58)12-5)22-18-32-60-48-28-26-45-36-54(57(7)52(45)38-48)50-30-24-41(20-16-14-9-2)34-43(50)11-4/h12,23-30,33-38,46H,5,8-11,13-22,31-32,39H2,1-4,6-7H3. The topological polar surface area (TPSA) is 63.9 Å². The summed E-state index contributed by atoms with van der Waals surface area (Å²) in [6, 6.07) is 31.4. The number of aromatic nitrogens is 2. The predicted octanol–water partition coefficient (Wildman–Crippen LogP) is 13.7. The molecular weight excluding hydrogens is 769 g/mol. The SMILES string of the molecule is C=CC(=O)OCOC(CCCOc1ccc2cc(-c3ccc(CCCCC)cc3CC)n(C)c2c1)CCCOc1ccc2cc(-c3ccc(CCCCC)cc3CC)n(C)c2c1. The van der Waals surface area contributed by atoms with E-state index in [2.05, 4.69) is 142 Å². The Morgan fingerprint density at radius 3 is 1.53 bits per heavy atom. The summed E-state index contributed by atoms with van der Waals surface area (Å²) in [6.07, 6.45) is 15.9. The van der Waals surface area contributed by atoms with Crippen molar-refractivity contribution in [1.82, 2.24) is 9.13 Å². The van der Waals surface area contributed by atoms with E-state index in [1.807, 2.05) is 0 Å². The van der Waals surface area contributed by atoms with Gasteiger partial charge >= 0.3 is 5.97 Å². The van der Waals surface area contributed by atoms with Crippen molar-refractivity contribution in [2.45, 2.75) is 124 Å². The number of aryl methyl sites for hydroxylation is 6. The van der Waals surface area contributed by atoms with Gasteiger partial charge in [-0.15, -0.1) is 0 Å². The molecule has 0 spiro atoms. The minimum atomic E-state index is -0.496. The quantitative estimate of drug-likeness (QED) is 0.0236. The highest BCUT2D eigenvalue weighted by molar-refractivity contribution is 5.89. The molecule has 330 valence electrons. The molecule has 0 aliphatic heterocycles. The first-order valence-electron chi connectivity index (χ1n) is 23.4. The van der Waals surface area contributed by atoms with Crippen LogP contribution in [0.2, 0.25) is 0 Å². The zero-order valence-corrected chi connectivity index (χ0v) is 38.4. The van der Waals surface area contributed by atoms with Crippen LogP contribution >= 0.6 is 0 Å². The van der Waals surface area contributed by atoms with E-state index in [1.165, 1.54) is 94.1 Å². The maximum Gasteiger partial charge on any atom is 0.332 e. The van der Waals surface area contributed by atoms with Gasteiger partial charge in [-0.05, 0) is 123 Å². The summed E-state index contributed by atoms with van der Waals surface area (Å²) >= 11 is 0. The highest BCUT2D eigenvalue weighted by atomic mass is 16.7. The van der Waals surface area contributed by atoms with Gasteiger partial charge in [0.1, 0.15) is 11.5 Å². The van der Waals surface area contributed by atoms with Crippen molar-refractivity contribution in [3.05, 3.63) is 120 Å². The largest absolute Gasteiger partial charge is 0.494 e. The Hall–Kier alpha value is -5.27. The molecule has 6 aromatic rings. The van der Waals surface area contributed by atoms with Gasteiger partial charge < -0.3 is 28.1 Å². The highest BCUT2D eigenvalue weighted by Crippen LogP contribution is 2.34. The van der Waals surface area contributed by atoms with Gasteiger partial charge in [0.15, 0.2) is 6.79 Å². The van der Waals surface area contributed by atoms with Crippen LogP contribution in [0, 0.1) is 0 Å². The summed E-state index contributed by atoms with van der Waals surface area (Å²) in [4.78, 5) is 11.7. The molecule has 0 saturated carbocycles. The molecule has 0 aliphatic carbocycles. The van der Waals surface area contributed by atoms with Gasteiger partial charge in [0, 0.05) is 65.6 Å². The van der Waals surface area contributed by atoms with Crippen LogP contribution in [-0.2, 0) is 54.0 Å². The average Bonchev–Trinajstić information content (AvgIpc) is 3.80. The molecule has 7 heteroatoms. The lowest BCUT2D eigenvalue weighted by atomic mass is 9.97. The van der Waals surface area contributed by atoms with Crippen molar-refractivity contribution < 1.29 is 23.7 Å². The van der Waals surface area contributed by atoms with Crippen LogP contribution in [-0.4, -0.2) is 41.2 Å². The number of benzene rings is 4. The Labute approximate surface area is 371 Å². The molecule has 0 saturated heterocycles. The van der Waals surface area contributed by atoms with E-state index in [1.54, 1.807) is 0 Å². The van der Waals surface area contributed by atoms with Crippen LogP contribution < -0.4 is 9.47 Å². The number of rotatable bonds is 26. The Morgan fingerprint density at radius 2 is 1.10 bits per heavy atom. The van der Waals surface area contributed by atoms with Crippen molar-refractivity contribution in [2.24, 2.45) is 14.1 Å². The van der Waals surface area contributed by atoms with Crippen LogP contribution in [0.5, 0.6) is 11.5 Å². The van der Waals surface area contributed by atoms with Gasteiger partial charge in [0.2, 0.25) is 0 Å². The fourth-order valence-electron chi connectivity index (χ4n) is 8.72. The summed E-state index contributed by atoms with van der Waals surface area (Å²) in [5, 5.41) is 2.40. The van der Waals surface area contributed by atoms with Gasteiger partial charge in [0.25, 0.3) is 0 Å². The molecule has 0 atom stereocenters. The minimum absolute atomic E-state index is 0.112. The van der Waals surface area contributed by atoms with Crippen molar-refractivity contribution in [1.29, 1.82) is 0 Å². The van der Waals surface area contributed by atoms with E-state index < -0.39 is 5.97 Å². The van der Waals surface area contributed by atoms with Crippen LogP contribution in [0.1, 0.15) is 114 Å². The van der Waals surface area contributed by atoms with Crippen molar-refractivity contribution in [2.75, 3.05) is 20.0 Å². The van der Waals surface area contributed by atoms with E-state index in [0.717, 1.165) is 80.0 Å². The fraction of sp³-hybridized carbons (Fsp3) is 0.436. The number of hydrogen-bond acceptors (Lipinski definition) is 5. The lowest BCUT2D eigenvalue weighted by Gasteiger charge is -2.18. The zero-order valence-electron chi connectivity index (χ0n) is 38.4. The molecule has 0 N–H and O–H groups in total. The molecule has 0 radical (unpaired) electrons. The summed E-state index contributed by atoms with van der Waals surface area (Å²) in [5.74, 6) is 1.20. The molecule has 0 aliphatic rings. The van der Waals surface area contributed by atoms with Gasteiger partial charge in [-0.1, -0.05) is 96.4 Å². The van der Waals surface area contributed by atoms with Gasteiger partial charge in [0.05, 0.1) is 30.4 Å². The summed E-state index contributed by atoms with van der Waals surface area (Å²) < 4.78 is 28.4. The number of hydrogen-bond donors (Lipinski definition) is 0. The maximum atomic E-state index is 11.7. The lowest BCUT2D eigenvalue weighted by molar-refractivity contribution is -0.155. The number of ether oxygens (including phenoxy) is 4. The third kappa shape index (κ3) is 12.0. The second-order valence-electron chi connectivity index (χ2n) is 16.8. The Balaban J connectivity index is 1.03. The van der Waals surface area contributed by atoms with Crippen LogP contribution in [0.25, 0.3) is 44.3 Å². The van der Waals surface area contributed by atoms with Gasteiger partial charge in [-0.2, -0.15) is 0 Å². The highest BCUT2D eigenvalue weighted by Gasteiger charge is 2.16. The monoisotopic (exact) mass is 839 g/mol. The third-order valence-corrected chi connectivity index (χ3v) is 12.4. The minimum Gasteiger partial charge on any atom is -0.494 e. The van der Waals surface area contributed by atoms with Crippen LogP contribution in [0.3, 0.4) is 0 Å². The van der Waals surface area contributed by atoms with Crippen molar-refractivity contribution in [3.63, 3.8) is 0 Å². The molecule has 6 rings (SSSR count). The second kappa shape index (κ2) is 23.3. The Bertz CT molecular complexity index is 2230. The van der Waals surface area contributed by atoms with E-state index >= 15 is 0 Å². The number of carbonyl (C=O) groups is 1. The average molecular weight is 839 g/mol. The number of unbranched alkanes of at least 4 members (excludes halogenated alkanes) is 4. The molecule has 2 aromatic heterocycles. The van der Waals surface area contributed by atoms with Crippen LogP contribution in [0.4, 0.5) is 0 Å². The first-order chi connectivity index (χ1) is 30.3. The lowest BCUT2D eigenvalue weighted by Crippen LogP contribution is -2.19. The van der Waals surface area contributed by atoms with Crippen molar-refractivity contribution in [3.8, 4) is 34.0 Å². The summed E-state index contributed by atoms with van der Waals surface area (Å²) in [5.41, 5.74) is 13.0. The summed E-state index contributed by atoms with van der Waals surface area (Å²) in [6.45, 7) is 13.5. The number of esters is 1. The number of fused-ring (bicyclic) bond motifs is 2. The molecular formula is C55H70N2O5. The van der Waals surface area contributed by atoms with Gasteiger partial charge in [-0.3, -0.25) is 0 Å². The molecule has 4 aromatic carbocycles. The number of nitrogens with zero attached hydrogens (tertiary/aromatic N) is 2. The normalized spacial score (nSPS) is 11.5. The predicted molar refractivity (Wildman–Crippen MR) is 257 cm³/mol. The Kier molecular flexibility index (Phi) is 17.3. The first-order valence-corrected chi connectivity index (χ1v) is 23.4. The third-order valence-electron chi connectivity index (χ3n) is 12.4. The molecule has 62 heavy (non-hydrogen) atoms. The molecule has 2 heterocycles. The Morgan fingerprint density at radius 1 is 0.613 bits per heavy atom. The van der Waals surface area contributed by atoms with Gasteiger partial charge in [-0.25, -0.2) is 4.79 Å². The van der Waals surface area contributed by atoms with E-state index in [9.17, 15) is 4.79 Å². The summed E-state index contributed by atoms with van der Waals surface area (Å²) in [7, 11) is 4.29. The zero-order chi connectivity index (χ0) is 43.8. The van der Waals surface area contributed by atoms with Crippen LogP contribution in [0.15, 0.2) is 97.6 Å². The molecule has 0 unspecified atom stereocenters. The fourth-order valence-corrected chi connectivity index (χ4v) is 8.72. The number of carbonyl (C=O) groups excluding carboxylic acids is 1. The smallest absolute Gasteiger partial charge is 0.332 e. The van der Waals surface area contributed by atoms with E-state index in [4.69, 9.17) is 18.9 Å². The maximum absolute atomic E-state index is 11.7. The van der Waals surface area contributed by atoms with E-state index in [-0.39, 0.29) is 12.9 Å². The molecule has 0 fully saturated rings. The molecule has 7 nitrogen and oxygen atoms in total. The van der Waals surface area contributed by atoms with E-state index in [0.29, 0.717) is 13.2 Å². The molecule has 0 bridgehead atoms. The molecule has 0 amide bonds.